The van der Waals surface area contributed by atoms with Gasteiger partial charge in [-0.05, 0) is 43.5 Å². The van der Waals surface area contributed by atoms with Crippen molar-refractivity contribution in [3.63, 3.8) is 0 Å². The Bertz CT molecular complexity index is 1210. The number of hydrogen-bond acceptors (Lipinski definition) is 6. The van der Waals surface area contributed by atoms with Crippen LogP contribution in [0.5, 0.6) is 5.75 Å². The van der Waals surface area contributed by atoms with E-state index in [9.17, 15) is 9.90 Å². The number of amides is 1. The van der Waals surface area contributed by atoms with E-state index in [1.807, 2.05) is 17.2 Å². The third-order valence-electron chi connectivity index (χ3n) is 7.30. The summed E-state index contributed by atoms with van der Waals surface area (Å²) < 4.78 is 0. The number of H-pyrrole nitrogens is 1. The van der Waals surface area contributed by atoms with E-state index in [1.165, 1.54) is 6.07 Å². The van der Waals surface area contributed by atoms with Gasteiger partial charge in [0.15, 0.2) is 0 Å². The lowest BCUT2D eigenvalue weighted by Crippen LogP contribution is -2.58. The number of anilines is 1. The molecule has 0 spiro atoms. The van der Waals surface area contributed by atoms with Crippen molar-refractivity contribution in [2.75, 3.05) is 37.6 Å². The quantitative estimate of drug-likeness (QED) is 0.499. The van der Waals surface area contributed by atoms with Crippen LogP contribution in [0.15, 0.2) is 42.9 Å². The van der Waals surface area contributed by atoms with Crippen LogP contribution in [0.3, 0.4) is 0 Å². The number of aromatic nitrogens is 3. The van der Waals surface area contributed by atoms with Crippen molar-refractivity contribution in [2.24, 2.45) is 0 Å². The van der Waals surface area contributed by atoms with Crippen LogP contribution in [0.25, 0.3) is 11.4 Å². The molecule has 2 aliphatic rings. The van der Waals surface area contributed by atoms with Gasteiger partial charge in [-0.1, -0.05) is 30.1 Å². The third-order valence-corrected chi connectivity index (χ3v) is 7.82. The van der Waals surface area contributed by atoms with Crippen LogP contribution in [-0.4, -0.2) is 80.6 Å². The van der Waals surface area contributed by atoms with Gasteiger partial charge in [0.25, 0.3) is 5.91 Å². The number of nitrogens with zero attached hydrogens (tertiary/aromatic N) is 5. The number of rotatable bonds is 5. The van der Waals surface area contributed by atoms with E-state index in [-0.39, 0.29) is 11.7 Å². The summed E-state index contributed by atoms with van der Waals surface area (Å²) in [5.41, 5.74) is 1.17. The van der Waals surface area contributed by atoms with Crippen LogP contribution >= 0.6 is 23.2 Å². The van der Waals surface area contributed by atoms with Gasteiger partial charge in [-0.3, -0.25) is 9.69 Å². The maximum absolute atomic E-state index is 12.9. The van der Waals surface area contributed by atoms with Crippen LogP contribution in [-0.2, 0) is 0 Å². The number of likely N-dealkylation sites (tertiary alicyclic amines) is 1. The Morgan fingerprint density at radius 1 is 1.14 bits per heavy atom. The molecule has 2 N–H and O–H groups in total. The summed E-state index contributed by atoms with van der Waals surface area (Å²) in [6.07, 6.45) is 8.16. The Morgan fingerprint density at radius 3 is 2.61 bits per heavy atom. The molecule has 0 bridgehead atoms. The first-order chi connectivity index (χ1) is 17.4. The van der Waals surface area contributed by atoms with Crippen LogP contribution in [0.2, 0.25) is 10.0 Å². The van der Waals surface area contributed by atoms with Gasteiger partial charge >= 0.3 is 0 Å². The second-order valence-corrected chi connectivity index (χ2v) is 10.2. The van der Waals surface area contributed by atoms with Gasteiger partial charge in [0.2, 0.25) is 0 Å². The molecule has 2 aromatic heterocycles. The maximum Gasteiger partial charge on any atom is 0.257 e. The van der Waals surface area contributed by atoms with Crippen LogP contribution in [0.4, 0.5) is 5.82 Å². The van der Waals surface area contributed by atoms with E-state index in [0.29, 0.717) is 40.8 Å². The molecule has 0 radical (unpaired) electrons. The monoisotopic (exact) mass is 528 g/mol. The molecule has 3 aromatic rings. The minimum Gasteiger partial charge on any atom is -0.507 e. The van der Waals surface area contributed by atoms with Gasteiger partial charge < -0.3 is 19.9 Å². The number of imidazole rings is 1. The van der Waals surface area contributed by atoms with Crippen molar-refractivity contribution in [1.82, 2.24) is 24.8 Å². The van der Waals surface area contributed by atoms with Gasteiger partial charge in [-0.2, -0.15) is 0 Å². The Labute approximate surface area is 220 Å². The minimum atomic E-state index is -0.141. The van der Waals surface area contributed by atoms with Crippen molar-refractivity contribution >= 4 is 34.9 Å². The molecule has 1 atom stereocenters. The Hall–Kier alpha value is -2.81. The topological polar surface area (TPSA) is 88.6 Å². The molecule has 2 aliphatic heterocycles. The number of halogens is 2. The minimum absolute atomic E-state index is 0.0683. The van der Waals surface area contributed by atoms with Crippen molar-refractivity contribution in [3.05, 3.63) is 58.5 Å². The number of carbonyl (C=O) groups is 1. The third kappa shape index (κ3) is 5.03. The maximum atomic E-state index is 12.9. The molecule has 0 unspecified atom stereocenters. The summed E-state index contributed by atoms with van der Waals surface area (Å²) in [7, 11) is 0. The van der Waals surface area contributed by atoms with Gasteiger partial charge in [-0.15, -0.1) is 0 Å². The van der Waals surface area contributed by atoms with Crippen LogP contribution in [0, 0.1) is 0 Å². The number of aromatic hydroxyl groups is 1. The highest BCUT2D eigenvalue weighted by atomic mass is 35.5. The summed E-state index contributed by atoms with van der Waals surface area (Å²) in [6, 6.07) is 7.37. The van der Waals surface area contributed by atoms with E-state index in [4.69, 9.17) is 23.2 Å². The Morgan fingerprint density at radius 2 is 1.94 bits per heavy atom. The summed E-state index contributed by atoms with van der Waals surface area (Å²) in [6.45, 7) is 6.20. The molecule has 2 saturated heterocycles. The molecule has 0 saturated carbocycles. The number of phenols is 1. The SMILES string of the molecule is CC[C@H]1CN(c2ncc(-c3ncc[nH]3)cc2Cl)CCN1C1CCN(C(=O)c2ccc(Cl)cc2O)CC1. The van der Waals surface area contributed by atoms with E-state index in [2.05, 4.69) is 31.7 Å². The number of benzene rings is 1. The van der Waals surface area contributed by atoms with Crippen molar-refractivity contribution in [1.29, 1.82) is 0 Å². The average Bonchev–Trinajstić information content (AvgIpc) is 3.43. The molecular weight excluding hydrogens is 499 g/mol. The molecule has 36 heavy (non-hydrogen) atoms. The highest BCUT2D eigenvalue weighted by Crippen LogP contribution is 2.32. The fourth-order valence-electron chi connectivity index (χ4n) is 5.38. The highest BCUT2D eigenvalue weighted by molar-refractivity contribution is 6.33. The van der Waals surface area contributed by atoms with E-state index < -0.39 is 0 Å². The standard InChI is InChI=1S/C26H30Cl2N6O2/c1-2-19-16-33(25-22(28)13-17(15-31-25)24-29-7-8-30-24)11-12-34(19)20-5-9-32(10-6-20)26(36)21-4-3-18(27)14-23(21)35/h3-4,7-8,13-15,19-20,35H,2,5-6,9-12,16H2,1H3,(H,29,30)/t19-/m0/s1. The number of piperidine rings is 1. The summed E-state index contributed by atoms with van der Waals surface area (Å²) in [5.74, 6) is 1.36. The predicted octanol–water partition coefficient (Wildman–Crippen LogP) is 4.69. The zero-order valence-electron chi connectivity index (χ0n) is 20.2. The number of nitrogens with one attached hydrogen (secondary N) is 1. The first-order valence-electron chi connectivity index (χ1n) is 12.4. The highest BCUT2D eigenvalue weighted by Gasteiger charge is 2.35. The fourth-order valence-corrected chi connectivity index (χ4v) is 5.83. The van der Waals surface area contributed by atoms with Crippen molar-refractivity contribution in [2.45, 2.75) is 38.3 Å². The van der Waals surface area contributed by atoms with E-state index in [0.717, 1.165) is 56.1 Å². The van der Waals surface area contributed by atoms with Gasteiger partial charge in [-0.25, -0.2) is 9.97 Å². The lowest BCUT2D eigenvalue weighted by molar-refractivity contribution is 0.0489. The first-order valence-corrected chi connectivity index (χ1v) is 13.1. The molecular formula is C26H30Cl2N6O2. The van der Waals surface area contributed by atoms with Gasteiger partial charge in [0.1, 0.15) is 17.4 Å². The summed E-state index contributed by atoms with van der Waals surface area (Å²) in [5, 5.41) is 11.2. The molecule has 4 heterocycles. The normalized spacial score (nSPS) is 19.6. The zero-order valence-corrected chi connectivity index (χ0v) is 21.7. The molecule has 1 aromatic carbocycles. The van der Waals surface area contributed by atoms with E-state index in [1.54, 1.807) is 24.5 Å². The molecule has 5 rings (SSSR count). The number of aromatic amines is 1. The van der Waals surface area contributed by atoms with E-state index >= 15 is 0 Å². The van der Waals surface area contributed by atoms with Crippen molar-refractivity contribution in [3.8, 4) is 17.1 Å². The number of phenolic OH excluding ortho intramolecular Hbond substituents is 1. The van der Waals surface area contributed by atoms with Gasteiger partial charge in [0, 0.05) is 74.0 Å². The number of hydrogen-bond donors (Lipinski definition) is 2. The second kappa shape index (κ2) is 10.7. The smallest absolute Gasteiger partial charge is 0.257 e. The number of pyridine rings is 1. The zero-order chi connectivity index (χ0) is 25.2. The van der Waals surface area contributed by atoms with Crippen LogP contribution in [0.1, 0.15) is 36.5 Å². The average molecular weight is 529 g/mol. The molecule has 2 fully saturated rings. The van der Waals surface area contributed by atoms with Crippen LogP contribution < -0.4 is 4.90 Å². The molecule has 0 aliphatic carbocycles. The summed E-state index contributed by atoms with van der Waals surface area (Å²) in [4.78, 5) is 31.7. The molecule has 8 nitrogen and oxygen atoms in total. The summed E-state index contributed by atoms with van der Waals surface area (Å²) >= 11 is 12.6. The second-order valence-electron chi connectivity index (χ2n) is 9.40. The molecule has 1 amide bonds. The predicted molar refractivity (Wildman–Crippen MR) is 142 cm³/mol. The lowest BCUT2D eigenvalue weighted by atomic mass is 9.97. The fraction of sp³-hybridized carbons (Fsp3) is 0.423. The Kier molecular flexibility index (Phi) is 7.37. The first kappa shape index (κ1) is 24.9. The Balaban J connectivity index is 1.21. The van der Waals surface area contributed by atoms with Crippen molar-refractivity contribution < 1.29 is 9.90 Å². The molecule has 10 heteroatoms. The lowest BCUT2D eigenvalue weighted by Gasteiger charge is -2.47. The largest absolute Gasteiger partial charge is 0.507 e. The number of piperazine rings is 1. The number of carbonyl (C=O) groups excluding carboxylic acids is 1. The molecule has 190 valence electrons. The van der Waals surface area contributed by atoms with Gasteiger partial charge in [0.05, 0.1) is 10.6 Å².